The number of piperidine rings is 1. The Hall–Kier alpha value is -1.09. The van der Waals surface area contributed by atoms with Gasteiger partial charge in [0.05, 0.1) is 4.88 Å². The second kappa shape index (κ2) is 4.20. The van der Waals surface area contributed by atoms with Crippen LogP contribution in [0, 0.1) is 6.92 Å². The van der Waals surface area contributed by atoms with Gasteiger partial charge in [0, 0.05) is 17.0 Å². The van der Waals surface area contributed by atoms with E-state index in [2.05, 4.69) is 17.9 Å². The van der Waals surface area contributed by atoms with Crippen LogP contribution >= 0.6 is 11.3 Å². The largest absolute Gasteiger partial charge is 0.331 e. The van der Waals surface area contributed by atoms with Gasteiger partial charge < -0.3 is 4.90 Å². The lowest BCUT2D eigenvalue weighted by Gasteiger charge is -2.36. The highest BCUT2D eigenvalue weighted by molar-refractivity contribution is 7.13. The van der Waals surface area contributed by atoms with Crippen molar-refractivity contribution in [2.24, 2.45) is 0 Å². The first kappa shape index (κ1) is 11.7. The van der Waals surface area contributed by atoms with Crippen molar-refractivity contribution in [3.05, 3.63) is 33.0 Å². The van der Waals surface area contributed by atoms with E-state index < -0.39 is 0 Å². The molecular weight excluding hydrogens is 254 g/mol. The molecule has 1 aromatic rings. The van der Waals surface area contributed by atoms with E-state index in [1.807, 2.05) is 6.07 Å². The molecule has 1 aliphatic carbocycles. The SMILES string of the molecule is Cc1ccc(C(=O)N2C3CCC2CC(=C2CC2)C3)s1. The molecule has 1 saturated carbocycles. The number of carbonyl (C=O) groups is 1. The zero-order chi connectivity index (χ0) is 13.0. The smallest absolute Gasteiger partial charge is 0.264 e. The van der Waals surface area contributed by atoms with E-state index in [1.54, 1.807) is 22.5 Å². The number of thiophene rings is 1. The average molecular weight is 273 g/mol. The van der Waals surface area contributed by atoms with Crippen LogP contribution in [0.15, 0.2) is 23.3 Å². The Morgan fingerprint density at radius 3 is 2.37 bits per heavy atom. The van der Waals surface area contributed by atoms with Gasteiger partial charge in [0.15, 0.2) is 0 Å². The molecule has 0 N–H and O–H groups in total. The molecule has 1 aromatic heterocycles. The Kier molecular flexibility index (Phi) is 2.59. The molecule has 2 saturated heterocycles. The molecule has 2 aliphatic heterocycles. The van der Waals surface area contributed by atoms with Gasteiger partial charge in [-0.15, -0.1) is 11.3 Å². The molecule has 2 unspecified atom stereocenters. The van der Waals surface area contributed by atoms with Crippen LogP contribution in [0.5, 0.6) is 0 Å². The maximum absolute atomic E-state index is 12.7. The minimum absolute atomic E-state index is 0.283. The van der Waals surface area contributed by atoms with E-state index in [0.29, 0.717) is 12.1 Å². The first-order valence-corrected chi connectivity index (χ1v) is 8.13. The van der Waals surface area contributed by atoms with Crippen molar-refractivity contribution in [3.63, 3.8) is 0 Å². The number of aryl methyl sites for hydroxylation is 1. The van der Waals surface area contributed by atoms with Gasteiger partial charge in [-0.1, -0.05) is 11.1 Å². The van der Waals surface area contributed by atoms with Gasteiger partial charge in [0.25, 0.3) is 5.91 Å². The summed E-state index contributed by atoms with van der Waals surface area (Å²) in [6.07, 6.45) is 7.37. The third-order valence-corrected chi connectivity index (χ3v) is 5.76. The van der Waals surface area contributed by atoms with Crippen molar-refractivity contribution >= 4 is 17.2 Å². The second-order valence-electron chi connectivity index (χ2n) is 6.12. The third-order valence-electron chi connectivity index (χ3n) is 4.77. The summed E-state index contributed by atoms with van der Waals surface area (Å²) in [4.78, 5) is 17.1. The first-order chi connectivity index (χ1) is 9.22. The Morgan fingerprint density at radius 1 is 1.16 bits per heavy atom. The normalized spacial score (nSPS) is 29.0. The van der Waals surface area contributed by atoms with Crippen molar-refractivity contribution in [2.75, 3.05) is 0 Å². The van der Waals surface area contributed by atoms with Gasteiger partial charge in [0.1, 0.15) is 0 Å². The van der Waals surface area contributed by atoms with E-state index in [4.69, 9.17) is 0 Å². The highest BCUT2D eigenvalue weighted by Gasteiger charge is 2.43. The molecule has 19 heavy (non-hydrogen) atoms. The molecule has 3 heteroatoms. The van der Waals surface area contributed by atoms with Crippen LogP contribution in [-0.4, -0.2) is 22.9 Å². The highest BCUT2D eigenvalue weighted by Crippen LogP contribution is 2.45. The summed E-state index contributed by atoms with van der Waals surface area (Å²) in [5.41, 5.74) is 3.40. The Bertz CT molecular complexity index is 549. The van der Waals surface area contributed by atoms with Gasteiger partial charge in [-0.25, -0.2) is 0 Å². The van der Waals surface area contributed by atoms with Crippen molar-refractivity contribution in [1.29, 1.82) is 0 Å². The average Bonchev–Trinajstić information content (AvgIpc) is 3.11. The quantitative estimate of drug-likeness (QED) is 0.710. The van der Waals surface area contributed by atoms with Crippen molar-refractivity contribution in [3.8, 4) is 0 Å². The molecule has 2 nitrogen and oxygen atoms in total. The van der Waals surface area contributed by atoms with Crippen molar-refractivity contribution in [2.45, 2.75) is 57.5 Å². The van der Waals surface area contributed by atoms with Crippen LogP contribution in [0.3, 0.4) is 0 Å². The predicted molar refractivity (Wildman–Crippen MR) is 77.5 cm³/mol. The lowest BCUT2D eigenvalue weighted by atomic mass is 9.95. The molecule has 100 valence electrons. The van der Waals surface area contributed by atoms with E-state index in [-0.39, 0.29) is 5.91 Å². The van der Waals surface area contributed by atoms with E-state index in [0.717, 1.165) is 17.7 Å². The molecule has 0 radical (unpaired) electrons. The van der Waals surface area contributed by atoms with Crippen molar-refractivity contribution < 1.29 is 4.79 Å². The number of hydrogen-bond donors (Lipinski definition) is 0. The summed E-state index contributed by atoms with van der Waals surface area (Å²) >= 11 is 1.64. The Balaban J connectivity index is 1.60. The van der Waals surface area contributed by atoms with Crippen LogP contribution in [0.1, 0.15) is 53.1 Å². The van der Waals surface area contributed by atoms with Gasteiger partial charge >= 0.3 is 0 Å². The molecule has 1 amide bonds. The molecule has 4 rings (SSSR count). The summed E-state index contributed by atoms with van der Waals surface area (Å²) in [6.45, 7) is 2.07. The molecule has 3 aliphatic rings. The van der Waals surface area contributed by atoms with E-state index in [9.17, 15) is 4.79 Å². The lowest BCUT2D eigenvalue weighted by Crippen LogP contribution is -2.44. The molecule has 0 spiro atoms. The third kappa shape index (κ3) is 1.95. The predicted octanol–water partition coefficient (Wildman–Crippen LogP) is 3.91. The fourth-order valence-electron chi connectivity index (χ4n) is 3.73. The summed E-state index contributed by atoms with van der Waals surface area (Å²) < 4.78 is 0. The first-order valence-electron chi connectivity index (χ1n) is 7.31. The number of amides is 1. The zero-order valence-electron chi connectivity index (χ0n) is 11.3. The van der Waals surface area contributed by atoms with Gasteiger partial charge in [0.2, 0.25) is 0 Å². The fraction of sp³-hybridized carbons (Fsp3) is 0.562. The highest BCUT2D eigenvalue weighted by atomic mass is 32.1. The number of fused-ring (bicyclic) bond motifs is 2. The maximum atomic E-state index is 12.7. The summed E-state index contributed by atoms with van der Waals surface area (Å²) in [6, 6.07) is 5.02. The second-order valence-corrected chi connectivity index (χ2v) is 7.41. The van der Waals surface area contributed by atoms with Crippen LogP contribution in [-0.2, 0) is 0 Å². The monoisotopic (exact) mass is 273 g/mol. The maximum Gasteiger partial charge on any atom is 0.264 e. The Morgan fingerprint density at radius 2 is 1.84 bits per heavy atom. The number of nitrogens with zero attached hydrogens (tertiary/aromatic N) is 1. The van der Waals surface area contributed by atoms with Crippen LogP contribution < -0.4 is 0 Å². The summed E-state index contributed by atoms with van der Waals surface area (Å²) in [7, 11) is 0. The van der Waals surface area contributed by atoms with Crippen LogP contribution in [0.4, 0.5) is 0 Å². The summed E-state index contributed by atoms with van der Waals surface area (Å²) in [5.74, 6) is 0.283. The number of hydrogen-bond acceptors (Lipinski definition) is 2. The number of allylic oxidation sites excluding steroid dienone is 1. The molecule has 2 bridgehead atoms. The standard InChI is InChI=1S/C16H19NOS/c1-10-2-7-15(19-10)16(18)17-13-5-6-14(17)9-12(8-13)11-3-4-11/h2,7,13-14H,3-6,8-9H2,1H3. The number of rotatable bonds is 1. The Labute approximate surface area is 118 Å². The topological polar surface area (TPSA) is 20.3 Å². The molecule has 3 heterocycles. The zero-order valence-corrected chi connectivity index (χ0v) is 12.1. The van der Waals surface area contributed by atoms with E-state index >= 15 is 0 Å². The van der Waals surface area contributed by atoms with Crippen LogP contribution in [0.2, 0.25) is 0 Å². The van der Waals surface area contributed by atoms with Crippen LogP contribution in [0.25, 0.3) is 0 Å². The van der Waals surface area contributed by atoms with Crippen molar-refractivity contribution in [1.82, 2.24) is 4.90 Å². The minimum Gasteiger partial charge on any atom is -0.331 e. The van der Waals surface area contributed by atoms with Gasteiger partial charge in [-0.05, 0) is 57.6 Å². The summed E-state index contributed by atoms with van der Waals surface area (Å²) in [5, 5.41) is 0. The number of carbonyl (C=O) groups excluding carboxylic acids is 1. The molecular formula is C16H19NOS. The van der Waals surface area contributed by atoms with Gasteiger partial charge in [-0.2, -0.15) is 0 Å². The minimum atomic E-state index is 0.283. The van der Waals surface area contributed by atoms with E-state index in [1.165, 1.54) is 30.6 Å². The van der Waals surface area contributed by atoms with Gasteiger partial charge in [-0.3, -0.25) is 4.79 Å². The fourth-order valence-corrected chi connectivity index (χ4v) is 4.54. The molecule has 0 aromatic carbocycles. The molecule has 2 atom stereocenters. The molecule has 3 fully saturated rings. The lowest BCUT2D eigenvalue weighted by molar-refractivity contribution is 0.0639.